The maximum atomic E-state index is 14.4. The molecule has 1 aromatic rings. The second-order valence-electron chi connectivity index (χ2n) is 7.26. The van der Waals surface area contributed by atoms with Crippen LogP contribution in [-0.4, -0.2) is 67.6 Å². The van der Waals surface area contributed by atoms with Crippen molar-refractivity contribution < 1.29 is 100 Å². The van der Waals surface area contributed by atoms with Crippen molar-refractivity contribution in [2.24, 2.45) is 3.77 Å². The van der Waals surface area contributed by atoms with E-state index in [4.69, 9.17) is 0 Å². The lowest BCUT2D eigenvalue weighted by Crippen LogP contribution is -2.64. The van der Waals surface area contributed by atoms with Gasteiger partial charge in [0.1, 0.15) is 0 Å². The van der Waals surface area contributed by atoms with Gasteiger partial charge in [0, 0.05) is 4.47 Å². The van der Waals surface area contributed by atoms with E-state index in [2.05, 4.69) is 15.9 Å². The number of sulfonamides is 1. The highest BCUT2D eigenvalue weighted by Crippen LogP contribution is 2.58. The third-order valence-electron chi connectivity index (χ3n) is 4.47. The minimum absolute atomic E-state index is 0.192. The van der Waals surface area contributed by atoms with Crippen LogP contribution in [0.2, 0.25) is 0 Å². The van der Waals surface area contributed by atoms with E-state index in [-0.39, 0.29) is 24.3 Å². The van der Waals surface area contributed by atoms with Gasteiger partial charge in [-0.2, -0.15) is 87.4 Å². The molecule has 1 aromatic carbocycles. The number of hydrogen-bond donors (Lipinski definition) is 0. The first kappa shape index (κ1) is 38.3. The van der Waals surface area contributed by atoms with Crippen LogP contribution in [0, 0.1) is 0 Å². The highest BCUT2D eigenvalue weighted by Gasteiger charge is 2.88. The smallest absolute Gasteiger partial charge is 0.227 e. The molecule has 0 amide bonds. The van der Waals surface area contributed by atoms with Crippen molar-refractivity contribution in [2.45, 2.75) is 51.4 Å². The normalized spacial score (nSPS) is 17.1. The zero-order chi connectivity index (χ0) is 34.2. The van der Waals surface area contributed by atoms with Gasteiger partial charge in [0.05, 0.1) is 4.90 Å². The zero-order valence-electron chi connectivity index (χ0n) is 18.2. The molecule has 1 atom stereocenters. The number of halogens is 19. The zero-order valence-corrected chi connectivity index (χ0v) is 22.2. The van der Waals surface area contributed by atoms with E-state index in [0.29, 0.717) is 0 Å². The summed E-state index contributed by atoms with van der Waals surface area (Å²) in [6.07, 6.45) is -15.6. The lowest BCUT2D eigenvalue weighted by atomic mass is 10.1. The van der Waals surface area contributed by atoms with Crippen LogP contribution in [0.3, 0.4) is 0 Å². The number of rotatable bonds is 9. The monoisotopic (exact) mass is 783 g/mol. The summed E-state index contributed by atoms with van der Waals surface area (Å²) in [6, 6.07) is -0.338. The average Bonchev–Trinajstić information content (AvgIpc) is 2.76. The van der Waals surface area contributed by atoms with Gasteiger partial charge >= 0.3 is 65.4 Å². The number of nitrogens with zero attached hydrogens (tertiary/aromatic N) is 1. The Morgan fingerprint density at radius 3 is 1.12 bits per heavy atom. The molecule has 246 valence electrons. The Morgan fingerprint density at radius 2 is 0.810 bits per heavy atom. The Bertz CT molecular complexity index is 1540. The second-order valence-corrected chi connectivity index (χ2v) is 15.7. The van der Waals surface area contributed by atoms with E-state index >= 15 is 0 Å². The van der Waals surface area contributed by atoms with Crippen molar-refractivity contribution in [1.82, 2.24) is 0 Å². The molecule has 0 aliphatic heterocycles. The van der Waals surface area contributed by atoms with E-state index in [1.54, 1.807) is 0 Å². The van der Waals surface area contributed by atoms with E-state index in [1.807, 2.05) is 0 Å². The van der Waals surface area contributed by atoms with Crippen molar-refractivity contribution in [2.75, 3.05) is 0 Å². The van der Waals surface area contributed by atoms with Crippen LogP contribution in [0.15, 0.2) is 37.4 Å². The van der Waals surface area contributed by atoms with Crippen molar-refractivity contribution in [3.63, 3.8) is 0 Å². The fraction of sp³-hybridized carbons (Fsp3) is 0.571. The highest BCUT2D eigenvalue weighted by molar-refractivity contribution is 9.10. The second kappa shape index (κ2) is 10.2. The molecule has 1 rings (SSSR count). The van der Waals surface area contributed by atoms with Gasteiger partial charge < -0.3 is 0 Å². The van der Waals surface area contributed by atoms with Gasteiger partial charge in [-0.25, -0.2) is 12.6 Å². The Hall–Kier alpha value is -1.71. The van der Waals surface area contributed by atoms with E-state index < -0.39 is 83.6 Å². The summed E-state index contributed by atoms with van der Waals surface area (Å²) in [5.41, 5.74) is 0. The lowest BCUT2D eigenvalue weighted by molar-refractivity contribution is -0.382. The van der Waals surface area contributed by atoms with Crippen LogP contribution in [0.5, 0.6) is 0 Å². The molecule has 6 nitrogen and oxygen atoms in total. The largest absolute Gasteiger partial charge is 0.460 e. The Labute approximate surface area is 227 Å². The van der Waals surface area contributed by atoms with Gasteiger partial charge in [-0.3, -0.25) is 0 Å². The van der Waals surface area contributed by atoms with E-state index in [0.717, 1.165) is 3.77 Å². The molecule has 0 spiro atoms. The molecular formula is C14H4BrF18NO5S3. The van der Waals surface area contributed by atoms with Gasteiger partial charge in [0.25, 0.3) is 0 Å². The average molecular weight is 784 g/mol. The molecule has 0 bridgehead atoms. The van der Waals surface area contributed by atoms with Crippen LogP contribution in [0.25, 0.3) is 0 Å². The summed E-state index contributed by atoms with van der Waals surface area (Å²) < 4.78 is 300. The molecule has 0 saturated carbocycles. The van der Waals surface area contributed by atoms with Gasteiger partial charge in [-0.1, -0.05) is 19.7 Å². The molecule has 0 saturated heterocycles. The summed E-state index contributed by atoms with van der Waals surface area (Å²) in [4.78, 5) is -2.48. The van der Waals surface area contributed by atoms with Crippen LogP contribution in [-0.2, 0) is 27.7 Å². The first-order chi connectivity index (χ1) is 18.0. The van der Waals surface area contributed by atoms with Crippen molar-refractivity contribution >= 4 is 43.6 Å². The van der Waals surface area contributed by atoms with Crippen molar-refractivity contribution in [3.8, 4) is 0 Å². The van der Waals surface area contributed by atoms with Gasteiger partial charge in [-0.05, 0) is 24.3 Å². The molecular weight excluding hydrogens is 780 g/mol. The number of hydrogen-bond acceptors (Lipinski definition) is 5. The summed E-state index contributed by atoms with van der Waals surface area (Å²) in [5, 5.41) is -16.4. The van der Waals surface area contributed by atoms with Crippen molar-refractivity contribution in [1.29, 1.82) is 0 Å². The molecule has 28 heteroatoms. The molecule has 0 aromatic heterocycles. The van der Waals surface area contributed by atoms with Crippen molar-refractivity contribution in [3.05, 3.63) is 28.7 Å². The molecule has 0 fully saturated rings. The quantitative estimate of drug-likeness (QED) is 0.203. The van der Waals surface area contributed by atoms with Crippen LogP contribution in [0.1, 0.15) is 0 Å². The van der Waals surface area contributed by atoms with Gasteiger partial charge in [-0.15, -0.1) is 0 Å². The minimum Gasteiger partial charge on any atom is -0.227 e. The highest BCUT2D eigenvalue weighted by atomic mass is 79.9. The lowest BCUT2D eigenvalue weighted by Gasteiger charge is -2.34. The van der Waals surface area contributed by atoms with Gasteiger partial charge in [0.15, 0.2) is 0 Å². The Morgan fingerprint density at radius 1 is 0.500 bits per heavy atom. The Kier molecular flexibility index (Phi) is 9.27. The number of alkyl halides is 18. The van der Waals surface area contributed by atoms with Crippen LogP contribution < -0.4 is 0 Å². The SMILES string of the molecule is O=S(=O)(N=S(=O)(c1ccc(Br)cc1)S(=O)(=O)C(F)(F)C(F)(F)C(F)(F)C(F)(F)F)C(F)(F)C(F)(F)C(F)(F)C(F)(F)F. The summed E-state index contributed by atoms with van der Waals surface area (Å²) in [5.74, 6) is -33.0. The number of benzene rings is 1. The third-order valence-corrected chi connectivity index (χ3v) is 13.4. The molecule has 42 heavy (non-hydrogen) atoms. The predicted octanol–water partition coefficient (Wildman–Crippen LogP) is 6.79. The first-order valence-corrected chi connectivity index (χ1v) is 14.6. The van der Waals surface area contributed by atoms with Crippen LogP contribution >= 0.6 is 15.9 Å². The summed E-state index contributed by atoms with van der Waals surface area (Å²) >= 11 is 2.45. The summed E-state index contributed by atoms with van der Waals surface area (Å²) in [6.45, 7) is 0. The van der Waals surface area contributed by atoms with E-state index in [1.165, 1.54) is 0 Å². The third kappa shape index (κ3) is 5.19. The predicted molar refractivity (Wildman–Crippen MR) is 103 cm³/mol. The molecule has 0 aliphatic rings. The molecule has 0 radical (unpaired) electrons. The molecule has 0 heterocycles. The van der Waals surface area contributed by atoms with E-state index in [9.17, 15) is 100 Å². The molecule has 0 aliphatic carbocycles. The van der Waals surface area contributed by atoms with Gasteiger partial charge in [0.2, 0.25) is 8.76 Å². The maximum absolute atomic E-state index is 14.4. The molecule has 1 unspecified atom stereocenters. The topological polar surface area (TPSA) is 97.7 Å². The fourth-order valence-electron chi connectivity index (χ4n) is 2.17. The fourth-order valence-corrected chi connectivity index (χ4v) is 10.1. The standard InChI is InChI=1S/C14H4BrF18NO5S3/c15-5-1-3-6(4-2-5)40(35,42(38,39)14(32,33)10(22,23)8(18,19)12(27,28)29)34-41(36,37)13(30,31)9(20,21)7(16,17)11(24,25)26/h1-4H. The Balaban J connectivity index is 4.38. The summed E-state index contributed by atoms with van der Waals surface area (Å²) in [7, 11) is -25.5. The van der Waals surface area contributed by atoms with Crippen LogP contribution in [0.4, 0.5) is 79.0 Å². The maximum Gasteiger partial charge on any atom is 0.460 e. The minimum atomic E-state index is -8.85. The molecule has 0 N–H and O–H groups in total. The first-order valence-electron chi connectivity index (χ1n) is 8.89.